The summed E-state index contributed by atoms with van der Waals surface area (Å²) in [6.07, 6.45) is -4.05. The maximum atomic E-state index is 12.2. The van der Waals surface area contributed by atoms with Gasteiger partial charge in [0, 0.05) is 0 Å². The maximum Gasteiger partial charge on any atom is 0.270 e. The Morgan fingerprint density at radius 1 is 1.40 bits per heavy atom. The second kappa shape index (κ2) is 4.02. The third kappa shape index (κ3) is 2.26. The molecule has 0 aromatic carbocycles. The third-order valence-corrected chi connectivity index (χ3v) is 2.53. The molecule has 1 atom stereocenters. The van der Waals surface area contributed by atoms with Gasteiger partial charge in [-0.15, -0.1) is 0 Å². The van der Waals surface area contributed by atoms with E-state index in [0.717, 1.165) is 4.90 Å². The van der Waals surface area contributed by atoms with Crippen LogP contribution in [0, 0.1) is 5.92 Å². The minimum Gasteiger partial charge on any atom is -0.383 e. The lowest BCUT2D eigenvalue weighted by atomic mass is 9.93. The molecule has 4 nitrogen and oxygen atoms in total. The summed E-state index contributed by atoms with van der Waals surface area (Å²) in [6, 6.07) is 0. The molecule has 1 fully saturated rings. The van der Waals surface area contributed by atoms with Crippen LogP contribution in [0.25, 0.3) is 0 Å². The number of nitrogens with zero attached hydrogens (tertiary/aromatic N) is 1. The van der Waals surface area contributed by atoms with Crippen molar-refractivity contribution < 1.29 is 23.8 Å². The highest BCUT2D eigenvalue weighted by Crippen LogP contribution is 2.28. The number of halogens is 2. The van der Waals surface area contributed by atoms with Gasteiger partial charge >= 0.3 is 0 Å². The zero-order chi connectivity index (χ0) is 11.8. The second-order valence-corrected chi connectivity index (χ2v) is 4.29. The summed E-state index contributed by atoms with van der Waals surface area (Å²) in [7, 11) is 0. The maximum absolute atomic E-state index is 12.2. The van der Waals surface area contributed by atoms with Crippen molar-refractivity contribution in [2.75, 3.05) is 13.1 Å². The van der Waals surface area contributed by atoms with Crippen molar-refractivity contribution in [2.45, 2.75) is 32.0 Å². The van der Waals surface area contributed by atoms with Crippen molar-refractivity contribution in [1.82, 2.24) is 4.90 Å². The highest BCUT2D eigenvalue weighted by molar-refractivity contribution is 5.82. The molecule has 0 aromatic rings. The molecule has 0 radical (unpaired) electrons. The highest BCUT2D eigenvalue weighted by atomic mass is 19.3. The molecule has 0 bridgehead atoms. The summed E-state index contributed by atoms with van der Waals surface area (Å²) in [6.45, 7) is 2.49. The van der Waals surface area contributed by atoms with Crippen molar-refractivity contribution in [3.63, 3.8) is 0 Å². The number of amides is 1. The van der Waals surface area contributed by atoms with Crippen molar-refractivity contribution in [2.24, 2.45) is 5.92 Å². The number of carbonyl (C=O) groups excluding carboxylic acids is 1. The van der Waals surface area contributed by atoms with Crippen molar-refractivity contribution in [1.29, 1.82) is 0 Å². The van der Waals surface area contributed by atoms with Gasteiger partial charge in [-0.05, 0) is 5.92 Å². The average Bonchev–Trinajstić information content (AvgIpc) is 2.09. The molecule has 0 aromatic heterocycles. The van der Waals surface area contributed by atoms with E-state index in [4.69, 9.17) is 0 Å². The summed E-state index contributed by atoms with van der Waals surface area (Å²) in [5, 5.41) is 18.6. The van der Waals surface area contributed by atoms with E-state index in [-0.39, 0.29) is 5.92 Å². The quantitative estimate of drug-likeness (QED) is 0.699. The van der Waals surface area contributed by atoms with Gasteiger partial charge in [-0.25, -0.2) is 8.78 Å². The molecule has 1 heterocycles. The van der Waals surface area contributed by atoms with Crippen LogP contribution in [-0.2, 0) is 4.79 Å². The van der Waals surface area contributed by atoms with E-state index < -0.39 is 37.1 Å². The largest absolute Gasteiger partial charge is 0.383 e. The topological polar surface area (TPSA) is 60.8 Å². The lowest BCUT2D eigenvalue weighted by Gasteiger charge is -2.46. The first kappa shape index (κ1) is 12.3. The highest BCUT2D eigenvalue weighted by Gasteiger charge is 2.51. The van der Waals surface area contributed by atoms with Crippen LogP contribution < -0.4 is 0 Å². The third-order valence-electron chi connectivity index (χ3n) is 2.53. The van der Waals surface area contributed by atoms with Gasteiger partial charge in [0.15, 0.2) is 5.60 Å². The van der Waals surface area contributed by atoms with Crippen molar-refractivity contribution >= 4 is 5.91 Å². The fourth-order valence-corrected chi connectivity index (χ4v) is 1.38. The van der Waals surface area contributed by atoms with Crippen LogP contribution in [0.2, 0.25) is 0 Å². The number of β-amino-alcohol motifs (C(OH)–C–C–N with tert-alkyl or cyclic N) is 1. The summed E-state index contributed by atoms with van der Waals surface area (Å²) < 4.78 is 24.4. The van der Waals surface area contributed by atoms with E-state index in [1.54, 1.807) is 13.8 Å². The molecule has 0 saturated carbocycles. The smallest absolute Gasteiger partial charge is 0.270 e. The van der Waals surface area contributed by atoms with Crippen LogP contribution in [0.4, 0.5) is 8.78 Å². The molecule has 1 aliphatic heterocycles. The number of rotatable bonds is 3. The van der Waals surface area contributed by atoms with Crippen LogP contribution in [0.3, 0.4) is 0 Å². The zero-order valence-electron chi connectivity index (χ0n) is 8.65. The minimum atomic E-state index is -2.86. The molecule has 0 aliphatic carbocycles. The summed E-state index contributed by atoms with van der Waals surface area (Å²) in [5.41, 5.74) is -2.09. The average molecular weight is 223 g/mol. The van der Waals surface area contributed by atoms with Crippen molar-refractivity contribution in [3.05, 3.63) is 0 Å². The van der Waals surface area contributed by atoms with E-state index in [0.29, 0.717) is 0 Å². The van der Waals surface area contributed by atoms with Gasteiger partial charge in [-0.3, -0.25) is 4.79 Å². The van der Waals surface area contributed by atoms with Gasteiger partial charge in [0.1, 0.15) is 6.10 Å². The number of aliphatic hydroxyl groups is 2. The van der Waals surface area contributed by atoms with Crippen LogP contribution >= 0.6 is 0 Å². The van der Waals surface area contributed by atoms with Gasteiger partial charge in [0.05, 0.1) is 13.1 Å². The van der Waals surface area contributed by atoms with E-state index in [2.05, 4.69) is 0 Å². The number of hydrogen-bond acceptors (Lipinski definition) is 3. The Morgan fingerprint density at radius 3 is 2.20 bits per heavy atom. The van der Waals surface area contributed by atoms with Gasteiger partial charge in [0.2, 0.25) is 0 Å². The van der Waals surface area contributed by atoms with Gasteiger partial charge < -0.3 is 15.1 Å². The standard InChI is InChI=1S/C9H15F2NO3/c1-5(2)6(13)7(14)12-3-9(15,4-12)8(10)11/h5-6,8,13,15H,3-4H2,1-2H3/t6-/m0/s1. The Kier molecular flexibility index (Phi) is 3.30. The molecule has 0 unspecified atom stereocenters. The van der Waals surface area contributed by atoms with Gasteiger partial charge in [-0.2, -0.15) is 0 Å². The molecule has 15 heavy (non-hydrogen) atoms. The molecule has 2 N–H and O–H groups in total. The molecule has 1 saturated heterocycles. The number of hydrogen-bond donors (Lipinski definition) is 2. The first-order valence-corrected chi connectivity index (χ1v) is 4.75. The van der Waals surface area contributed by atoms with Crippen LogP contribution in [0.15, 0.2) is 0 Å². The molecule has 0 spiro atoms. The van der Waals surface area contributed by atoms with E-state index in [1.807, 2.05) is 0 Å². The molecular weight excluding hydrogens is 208 g/mol. The molecule has 1 aliphatic rings. The summed E-state index contributed by atoms with van der Waals surface area (Å²) in [4.78, 5) is 12.4. The number of alkyl halides is 2. The number of aliphatic hydroxyl groups excluding tert-OH is 1. The van der Waals surface area contributed by atoms with Crippen LogP contribution in [0.5, 0.6) is 0 Å². The second-order valence-electron chi connectivity index (χ2n) is 4.29. The van der Waals surface area contributed by atoms with E-state index >= 15 is 0 Å². The Labute approximate surface area is 86.5 Å². The molecular formula is C9H15F2NO3. The monoisotopic (exact) mass is 223 g/mol. The normalized spacial score (nSPS) is 21.7. The predicted octanol–water partition coefficient (Wildman–Crippen LogP) is -0.158. The fraction of sp³-hybridized carbons (Fsp3) is 0.889. The molecule has 88 valence electrons. The Bertz CT molecular complexity index is 252. The minimum absolute atomic E-state index is 0.266. The van der Waals surface area contributed by atoms with E-state index in [1.165, 1.54) is 0 Å². The van der Waals surface area contributed by atoms with Crippen LogP contribution in [-0.4, -0.2) is 52.2 Å². The molecule has 1 rings (SSSR count). The van der Waals surface area contributed by atoms with Crippen LogP contribution in [0.1, 0.15) is 13.8 Å². The van der Waals surface area contributed by atoms with Crippen molar-refractivity contribution in [3.8, 4) is 0 Å². The Balaban J connectivity index is 2.49. The van der Waals surface area contributed by atoms with E-state index in [9.17, 15) is 23.8 Å². The lowest BCUT2D eigenvalue weighted by molar-refractivity contribution is -0.195. The zero-order valence-corrected chi connectivity index (χ0v) is 8.65. The summed E-state index contributed by atoms with van der Waals surface area (Å²) in [5.74, 6) is -0.868. The predicted molar refractivity (Wildman–Crippen MR) is 48.4 cm³/mol. The fourth-order valence-electron chi connectivity index (χ4n) is 1.38. The lowest BCUT2D eigenvalue weighted by Crippen LogP contribution is -2.68. The number of likely N-dealkylation sites (tertiary alicyclic amines) is 1. The number of carbonyl (C=O) groups is 1. The molecule has 6 heteroatoms. The van der Waals surface area contributed by atoms with Gasteiger partial charge in [-0.1, -0.05) is 13.8 Å². The first-order valence-electron chi connectivity index (χ1n) is 4.75. The SMILES string of the molecule is CC(C)[C@H](O)C(=O)N1CC(O)(C(F)F)C1. The van der Waals surface area contributed by atoms with Gasteiger partial charge in [0.25, 0.3) is 12.3 Å². The molecule has 1 amide bonds. The Morgan fingerprint density at radius 2 is 1.87 bits per heavy atom. The first-order chi connectivity index (χ1) is 6.78. The summed E-state index contributed by atoms with van der Waals surface area (Å²) >= 11 is 0. The Hall–Kier alpha value is -0.750.